The molecule has 1 aromatic heterocycles. The summed E-state index contributed by atoms with van der Waals surface area (Å²) in [4.78, 5) is 16.4. The molecule has 0 amide bonds. The Morgan fingerprint density at radius 3 is 2.68 bits per heavy atom. The molecule has 1 aromatic carbocycles. The Morgan fingerprint density at radius 1 is 1.11 bits per heavy atom. The van der Waals surface area contributed by atoms with Gasteiger partial charge in [-0.2, -0.15) is 0 Å². The van der Waals surface area contributed by atoms with Crippen LogP contribution in [-0.2, 0) is 22.3 Å². The third kappa shape index (κ3) is 8.73. The first-order valence-corrected chi connectivity index (χ1v) is 14.6. The highest BCUT2D eigenvalue weighted by molar-refractivity contribution is 7.13. The topological polar surface area (TPSA) is 99.5 Å². The number of carbonyl (C=O) groups excluding carboxylic acids is 1. The van der Waals surface area contributed by atoms with Crippen molar-refractivity contribution in [3.05, 3.63) is 69.9 Å². The molecule has 0 radical (unpaired) electrons. The SMILES string of the molecule is O=C(OCCN1CCOCC1)c1ccc(CCC[C@@H]2[C@@H](/C=C/[C@@H](O)CCc3ccccc3)[C@H](O)C[C@@H]2O)s1. The van der Waals surface area contributed by atoms with Gasteiger partial charge in [0, 0.05) is 36.9 Å². The minimum absolute atomic E-state index is 0.0489. The Hall–Kier alpha value is -2.07. The molecular weight excluding hydrogens is 502 g/mol. The molecule has 0 bridgehead atoms. The van der Waals surface area contributed by atoms with Crippen LogP contribution in [0.5, 0.6) is 0 Å². The van der Waals surface area contributed by atoms with Crippen LogP contribution < -0.4 is 0 Å². The Labute approximate surface area is 229 Å². The van der Waals surface area contributed by atoms with Crippen molar-refractivity contribution in [3.8, 4) is 0 Å². The number of aliphatic hydroxyl groups is 3. The molecule has 208 valence electrons. The van der Waals surface area contributed by atoms with E-state index in [4.69, 9.17) is 9.47 Å². The monoisotopic (exact) mass is 543 g/mol. The number of morpholine rings is 1. The number of hydrogen-bond acceptors (Lipinski definition) is 8. The number of aryl methyl sites for hydroxylation is 2. The zero-order chi connectivity index (χ0) is 26.7. The van der Waals surface area contributed by atoms with E-state index in [0.717, 1.165) is 63.4 Å². The van der Waals surface area contributed by atoms with Crippen LogP contribution in [0, 0.1) is 11.8 Å². The molecule has 7 nitrogen and oxygen atoms in total. The van der Waals surface area contributed by atoms with E-state index < -0.39 is 18.3 Å². The molecule has 8 heteroatoms. The first kappa shape index (κ1) is 28.9. The fourth-order valence-corrected chi connectivity index (χ4v) is 6.33. The van der Waals surface area contributed by atoms with Gasteiger partial charge >= 0.3 is 5.97 Å². The molecule has 2 fully saturated rings. The lowest BCUT2D eigenvalue weighted by molar-refractivity contribution is 0.0197. The average molecular weight is 544 g/mol. The largest absolute Gasteiger partial charge is 0.460 e. The second-order valence-electron chi connectivity index (χ2n) is 10.3. The van der Waals surface area contributed by atoms with E-state index in [9.17, 15) is 20.1 Å². The predicted molar refractivity (Wildman–Crippen MR) is 148 cm³/mol. The molecule has 1 aliphatic heterocycles. The summed E-state index contributed by atoms with van der Waals surface area (Å²) in [6, 6.07) is 13.9. The molecule has 2 aliphatic rings. The maximum absolute atomic E-state index is 12.4. The number of thiophene rings is 1. The number of benzene rings is 1. The van der Waals surface area contributed by atoms with Crippen molar-refractivity contribution in [1.29, 1.82) is 0 Å². The highest BCUT2D eigenvalue weighted by atomic mass is 32.1. The smallest absolute Gasteiger partial charge is 0.348 e. The van der Waals surface area contributed by atoms with E-state index in [1.165, 1.54) is 16.9 Å². The summed E-state index contributed by atoms with van der Waals surface area (Å²) in [5.74, 6) is -0.497. The molecule has 4 rings (SSSR count). The molecule has 2 heterocycles. The Bertz CT molecular complexity index is 1010. The lowest BCUT2D eigenvalue weighted by atomic mass is 9.88. The minimum Gasteiger partial charge on any atom is -0.460 e. The van der Waals surface area contributed by atoms with Gasteiger partial charge in [0.05, 0.1) is 31.5 Å². The molecule has 3 N–H and O–H groups in total. The first-order valence-electron chi connectivity index (χ1n) is 13.8. The first-order chi connectivity index (χ1) is 18.5. The summed E-state index contributed by atoms with van der Waals surface area (Å²) < 4.78 is 10.8. The molecule has 0 spiro atoms. The maximum Gasteiger partial charge on any atom is 0.348 e. The summed E-state index contributed by atoms with van der Waals surface area (Å²) in [6.45, 7) is 4.31. The van der Waals surface area contributed by atoms with Crippen molar-refractivity contribution in [2.75, 3.05) is 39.5 Å². The third-order valence-corrected chi connectivity index (χ3v) is 8.74. The molecule has 2 aromatic rings. The summed E-state index contributed by atoms with van der Waals surface area (Å²) in [7, 11) is 0. The summed E-state index contributed by atoms with van der Waals surface area (Å²) >= 11 is 1.46. The number of nitrogens with zero attached hydrogens (tertiary/aromatic N) is 1. The van der Waals surface area contributed by atoms with Crippen molar-refractivity contribution < 1.29 is 29.6 Å². The quantitative estimate of drug-likeness (QED) is 0.263. The van der Waals surface area contributed by atoms with Gasteiger partial charge in [0.1, 0.15) is 11.5 Å². The number of rotatable bonds is 13. The van der Waals surface area contributed by atoms with E-state index in [-0.39, 0.29) is 17.8 Å². The number of ether oxygens (including phenoxy) is 2. The Balaban J connectivity index is 1.19. The van der Waals surface area contributed by atoms with Gasteiger partial charge in [-0.25, -0.2) is 4.79 Å². The van der Waals surface area contributed by atoms with Crippen LogP contribution in [0.2, 0.25) is 0 Å². The molecule has 0 unspecified atom stereocenters. The normalized spacial score (nSPS) is 25.1. The van der Waals surface area contributed by atoms with Crippen LogP contribution >= 0.6 is 11.3 Å². The van der Waals surface area contributed by atoms with Gasteiger partial charge in [-0.15, -0.1) is 11.3 Å². The zero-order valence-electron chi connectivity index (χ0n) is 22.0. The van der Waals surface area contributed by atoms with Crippen LogP contribution in [0.4, 0.5) is 0 Å². The van der Waals surface area contributed by atoms with E-state index >= 15 is 0 Å². The Morgan fingerprint density at radius 2 is 1.89 bits per heavy atom. The number of carbonyl (C=O) groups is 1. The van der Waals surface area contributed by atoms with E-state index in [1.54, 1.807) is 6.08 Å². The van der Waals surface area contributed by atoms with Crippen LogP contribution in [0.3, 0.4) is 0 Å². The Kier molecular flexibility index (Phi) is 11.4. The average Bonchev–Trinajstić information content (AvgIpc) is 3.51. The van der Waals surface area contributed by atoms with Gasteiger partial charge in [-0.1, -0.05) is 42.5 Å². The van der Waals surface area contributed by atoms with Crippen LogP contribution in [-0.4, -0.2) is 84.0 Å². The van der Waals surface area contributed by atoms with Crippen LogP contribution in [0.15, 0.2) is 54.6 Å². The molecule has 38 heavy (non-hydrogen) atoms. The molecule has 1 saturated carbocycles. The lowest BCUT2D eigenvalue weighted by Gasteiger charge is -2.26. The molecule has 1 saturated heterocycles. The second-order valence-corrected chi connectivity index (χ2v) is 11.5. The standard InChI is InChI=1S/C30H41NO6S/c32-23(10-9-22-5-2-1-3-6-22)11-13-26-25(27(33)21-28(26)34)8-4-7-24-12-14-29(38-24)30(35)37-20-17-31-15-18-36-19-16-31/h1-3,5-6,11-14,23,25-28,32-34H,4,7-10,15-21H2/b13-11+/t23-,25+,26+,27-,28+/m0/s1. The van der Waals surface area contributed by atoms with Crippen LogP contribution in [0.25, 0.3) is 0 Å². The van der Waals surface area contributed by atoms with Gasteiger partial charge in [0.25, 0.3) is 0 Å². The minimum atomic E-state index is -0.604. The van der Waals surface area contributed by atoms with Crippen molar-refractivity contribution in [2.45, 2.75) is 56.8 Å². The van der Waals surface area contributed by atoms with Crippen molar-refractivity contribution in [3.63, 3.8) is 0 Å². The van der Waals surface area contributed by atoms with E-state index in [0.29, 0.717) is 24.3 Å². The highest BCUT2D eigenvalue weighted by Crippen LogP contribution is 2.37. The van der Waals surface area contributed by atoms with Crippen LogP contribution in [0.1, 0.15) is 45.8 Å². The van der Waals surface area contributed by atoms with Crippen molar-refractivity contribution >= 4 is 17.3 Å². The number of aliphatic hydroxyl groups excluding tert-OH is 3. The fourth-order valence-electron chi connectivity index (χ4n) is 5.39. The van der Waals surface area contributed by atoms with Gasteiger partial charge in [-0.05, 0) is 55.7 Å². The summed E-state index contributed by atoms with van der Waals surface area (Å²) in [6.07, 6.45) is 6.12. The zero-order valence-corrected chi connectivity index (χ0v) is 22.8. The van der Waals surface area contributed by atoms with Gasteiger partial charge in [0.15, 0.2) is 0 Å². The molecular formula is C30H41NO6S. The molecule has 1 aliphatic carbocycles. The molecule has 5 atom stereocenters. The van der Waals surface area contributed by atoms with Crippen molar-refractivity contribution in [2.24, 2.45) is 11.8 Å². The third-order valence-electron chi connectivity index (χ3n) is 7.61. The van der Waals surface area contributed by atoms with Gasteiger partial charge in [0.2, 0.25) is 0 Å². The predicted octanol–water partition coefficient (Wildman–Crippen LogP) is 3.47. The number of hydrogen-bond donors (Lipinski definition) is 3. The second kappa shape index (κ2) is 14.9. The van der Waals surface area contributed by atoms with Crippen molar-refractivity contribution in [1.82, 2.24) is 4.90 Å². The maximum atomic E-state index is 12.4. The lowest BCUT2D eigenvalue weighted by Crippen LogP contribution is -2.38. The van der Waals surface area contributed by atoms with E-state index in [2.05, 4.69) is 17.0 Å². The highest BCUT2D eigenvalue weighted by Gasteiger charge is 2.39. The van der Waals surface area contributed by atoms with Gasteiger partial charge < -0.3 is 24.8 Å². The summed E-state index contributed by atoms with van der Waals surface area (Å²) in [5.41, 5.74) is 1.19. The fraction of sp³-hybridized carbons (Fsp3) is 0.567. The number of esters is 1. The van der Waals surface area contributed by atoms with Gasteiger partial charge in [-0.3, -0.25) is 4.90 Å². The van der Waals surface area contributed by atoms with E-state index in [1.807, 2.05) is 36.4 Å². The summed E-state index contributed by atoms with van der Waals surface area (Å²) in [5, 5.41) is 31.5.